The Morgan fingerprint density at radius 2 is 1.23 bits per heavy atom. The number of hydrogen-bond donors (Lipinski definition) is 0. The van der Waals surface area contributed by atoms with Gasteiger partial charge in [-0.3, -0.25) is 0 Å². The van der Waals surface area contributed by atoms with Crippen molar-refractivity contribution in [3.8, 4) is 35.3 Å². The predicted molar refractivity (Wildman–Crippen MR) is 114 cm³/mol. The van der Waals surface area contributed by atoms with Gasteiger partial charge in [0, 0.05) is 11.1 Å². The summed E-state index contributed by atoms with van der Waals surface area (Å²) < 4.78 is 56.4. The van der Waals surface area contributed by atoms with E-state index in [2.05, 4.69) is 46.5 Å². The summed E-state index contributed by atoms with van der Waals surface area (Å²) in [5.41, 5.74) is 6.00. The second kappa shape index (κ2) is 11.3. The number of ether oxygens (including phenoxy) is 2. The minimum atomic E-state index is -2.80. The smallest absolute Gasteiger partial charge is 0.387 e. The number of halogens is 4. The fourth-order valence-electron chi connectivity index (χ4n) is 2.18. The second-order valence-electron chi connectivity index (χ2n) is 7.36. The number of terminal acetylenes is 1. The summed E-state index contributed by atoms with van der Waals surface area (Å²) in [5.74, 6) is 5.85. The summed E-state index contributed by atoms with van der Waals surface area (Å²) in [4.78, 5) is 0. The van der Waals surface area contributed by atoms with Crippen LogP contribution in [0.5, 0.6) is 11.5 Å². The fourth-order valence-corrected chi connectivity index (χ4v) is 2.70. The summed E-state index contributed by atoms with van der Waals surface area (Å²) in [6.07, 6.45) is 5.13. The number of rotatable bonds is 4. The maximum atomic E-state index is 12.1. The highest BCUT2D eigenvalue weighted by Gasteiger charge is 2.09. The molecule has 0 aliphatic carbocycles. The number of alkyl halides is 4. The van der Waals surface area contributed by atoms with Crippen LogP contribution in [0.4, 0.5) is 17.6 Å². The van der Waals surface area contributed by atoms with Gasteiger partial charge in [0.05, 0.1) is 0 Å². The van der Waals surface area contributed by atoms with Gasteiger partial charge in [-0.2, -0.15) is 17.6 Å². The molecule has 0 aliphatic heterocycles. The Labute approximate surface area is 176 Å². The summed E-state index contributed by atoms with van der Waals surface area (Å²) in [7, 11) is -1.41. The Bertz CT molecular complexity index is 948. The van der Waals surface area contributed by atoms with Gasteiger partial charge in [0.25, 0.3) is 0 Å². The first kappa shape index (κ1) is 25.1. The zero-order valence-electron chi connectivity index (χ0n) is 17.5. The van der Waals surface area contributed by atoms with Crippen LogP contribution in [0.2, 0.25) is 19.6 Å². The van der Waals surface area contributed by atoms with E-state index in [1.807, 2.05) is 0 Å². The SMILES string of the molecule is C#Cc1ccc(OC(F)F)c(C)c1.Cc1cc(C#C[Si](C)(C)C)ccc1OC(F)F. The van der Waals surface area contributed by atoms with E-state index < -0.39 is 21.3 Å². The molecule has 2 rings (SSSR count). The van der Waals surface area contributed by atoms with Crippen molar-refractivity contribution in [2.24, 2.45) is 0 Å². The van der Waals surface area contributed by atoms with E-state index in [1.165, 1.54) is 12.1 Å². The largest absolute Gasteiger partial charge is 0.435 e. The molecular formula is C23H24F4O2Si. The van der Waals surface area contributed by atoms with Crippen molar-refractivity contribution in [2.75, 3.05) is 0 Å². The van der Waals surface area contributed by atoms with Crippen LogP contribution in [-0.2, 0) is 0 Å². The minimum Gasteiger partial charge on any atom is -0.435 e. The molecule has 0 fully saturated rings. The van der Waals surface area contributed by atoms with E-state index in [1.54, 1.807) is 38.1 Å². The molecule has 0 heterocycles. The highest BCUT2D eigenvalue weighted by molar-refractivity contribution is 6.83. The lowest BCUT2D eigenvalue weighted by atomic mass is 10.1. The van der Waals surface area contributed by atoms with E-state index in [4.69, 9.17) is 6.42 Å². The predicted octanol–water partition coefficient (Wildman–Crippen LogP) is 6.40. The van der Waals surface area contributed by atoms with Crippen LogP contribution in [0.3, 0.4) is 0 Å². The molecule has 160 valence electrons. The second-order valence-corrected chi connectivity index (χ2v) is 12.1. The highest BCUT2D eigenvalue weighted by Crippen LogP contribution is 2.21. The number of benzene rings is 2. The van der Waals surface area contributed by atoms with Gasteiger partial charge in [0.1, 0.15) is 19.6 Å². The third kappa shape index (κ3) is 9.53. The Hall–Kier alpha value is -2.90. The summed E-state index contributed by atoms with van der Waals surface area (Å²) in [5, 5.41) is 0. The first-order valence-corrected chi connectivity index (χ1v) is 12.5. The standard InChI is InChI=1S/C13H16F2OSi.C10H8F2O/c1-10-9-11(7-8-17(2,3)4)5-6-12(10)16-13(14)15;1-3-8-4-5-9(7(2)6-8)13-10(11)12/h5-6,9,13H,1-4H3;1,4-6,10H,2H3. The molecule has 0 unspecified atom stereocenters. The van der Waals surface area contributed by atoms with E-state index >= 15 is 0 Å². The fraction of sp³-hybridized carbons (Fsp3) is 0.304. The maximum Gasteiger partial charge on any atom is 0.387 e. The van der Waals surface area contributed by atoms with Gasteiger partial charge in [0.15, 0.2) is 0 Å². The third-order valence-corrected chi connectivity index (χ3v) is 4.41. The van der Waals surface area contributed by atoms with Crippen LogP contribution < -0.4 is 9.47 Å². The molecule has 0 aromatic heterocycles. The topological polar surface area (TPSA) is 18.5 Å². The van der Waals surface area contributed by atoms with Crippen LogP contribution in [0.25, 0.3) is 0 Å². The van der Waals surface area contributed by atoms with E-state index in [0.717, 1.165) is 5.56 Å². The molecule has 0 spiro atoms. The van der Waals surface area contributed by atoms with Gasteiger partial charge in [-0.15, -0.1) is 12.0 Å². The lowest BCUT2D eigenvalue weighted by Crippen LogP contribution is -2.16. The van der Waals surface area contributed by atoms with E-state index in [0.29, 0.717) is 16.7 Å². The van der Waals surface area contributed by atoms with Crippen LogP contribution in [0, 0.1) is 37.7 Å². The van der Waals surface area contributed by atoms with Gasteiger partial charge in [-0.05, 0) is 61.4 Å². The van der Waals surface area contributed by atoms with E-state index in [-0.39, 0.29) is 11.5 Å². The molecule has 0 aliphatic rings. The van der Waals surface area contributed by atoms with E-state index in [9.17, 15) is 17.6 Å². The first-order valence-electron chi connectivity index (χ1n) is 9.02. The number of aryl methyl sites for hydroxylation is 2. The minimum absolute atomic E-state index is 0.161. The van der Waals surface area contributed by atoms with Crippen LogP contribution in [0.15, 0.2) is 36.4 Å². The van der Waals surface area contributed by atoms with Gasteiger partial charge >= 0.3 is 13.2 Å². The molecule has 0 saturated carbocycles. The zero-order valence-corrected chi connectivity index (χ0v) is 18.5. The van der Waals surface area contributed by atoms with Gasteiger partial charge < -0.3 is 9.47 Å². The molecule has 0 saturated heterocycles. The normalized spacial score (nSPS) is 10.5. The molecule has 2 nitrogen and oxygen atoms in total. The first-order chi connectivity index (χ1) is 13.9. The Kier molecular flexibility index (Phi) is 9.49. The lowest BCUT2D eigenvalue weighted by Gasteiger charge is -2.08. The van der Waals surface area contributed by atoms with Crippen molar-refractivity contribution in [1.29, 1.82) is 0 Å². The Morgan fingerprint density at radius 1 is 0.800 bits per heavy atom. The highest BCUT2D eigenvalue weighted by atomic mass is 28.3. The molecule has 2 aromatic carbocycles. The van der Waals surface area contributed by atoms with Gasteiger partial charge in [-0.1, -0.05) is 31.5 Å². The average Bonchev–Trinajstić information content (AvgIpc) is 2.63. The quantitative estimate of drug-likeness (QED) is 0.314. The summed E-state index contributed by atoms with van der Waals surface area (Å²) in [6.45, 7) is 4.28. The van der Waals surface area contributed by atoms with Crippen molar-refractivity contribution in [3.05, 3.63) is 58.7 Å². The molecule has 0 N–H and O–H groups in total. The Morgan fingerprint density at radius 3 is 1.60 bits per heavy atom. The molecule has 0 bridgehead atoms. The third-order valence-electron chi connectivity index (χ3n) is 3.53. The van der Waals surface area contributed by atoms with Gasteiger partial charge in [-0.25, -0.2) is 0 Å². The van der Waals surface area contributed by atoms with Crippen LogP contribution >= 0.6 is 0 Å². The van der Waals surface area contributed by atoms with Gasteiger partial charge in [0.2, 0.25) is 0 Å². The Balaban J connectivity index is 0.000000311. The number of hydrogen-bond acceptors (Lipinski definition) is 2. The molecule has 2 aromatic rings. The molecule has 0 atom stereocenters. The van der Waals surface area contributed by atoms with Crippen molar-refractivity contribution < 1.29 is 27.0 Å². The molecule has 30 heavy (non-hydrogen) atoms. The molecule has 7 heteroatoms. The summed E-state index contributed by atoms with van der Waals surface area (Å²) in [6, 6.07) is 9.64. The average molecular weight is 437 g/mol. The monoisotopic (exact) mass is 436 g/mol. The zero-order chi connectivity index (χ0) is 22.9. The van der Waals surface area contributed by atoms with Crippen molar-refractivity contribution in [2.45, 2.75) is 46.7 Å². The molecular weight excluding hydrogens is 412 g/mol. The van der Waals surface area contributed by atoms with Crippen molar-refractivity contribution in [1.82, 2.24) is 0 Å². The van der Waals surface area contributed by atoms with Crippen LogP contribution in [-0.4, -0.2) is 21.3 Å². The lowest BCUT2D eigenvalue weighted by molar-refractivity contribution is -0.0509. The molecule has 0 amide bonds. The summed E-state index contributed by atoms with van der Waals surface area (Å²) >= 11 is 0. The van der Waals surface area contributed by atoms with Crippen molar-refractivity contribution >= 4 is 8.07 Å². The molecule has 0 radical (unpaired) electrons. The van der Waals surface area contributed by atoms with Crippen LogP contribution in [0.1, 0.15) is 22.3 Å². The van der Waals surface area contributed by atoms with Crippen molar-refractivity contribution in [3.63, 3.8) is 0 Å². The maximum absolute atomic E-state index is 12.1.